The predicted molar refractivity (Wildman–Crippen MR) is 109 cm³/mol. The molecule has 2 heterocycles. The van der Waals surface area contributed by atoms with Crippen molar-refractivity contribution in [2.24, 2.45) is 16.8 Å². The molecule has 0 radical (unpaired) electrons. The lowest BCUT2D eigenvalue weighted by Gasteiger charge is -2.22. The van der Waals surface area contributed by atoms with Crippen molar-refractivity contribution in [2.45, 2.75) is 51.9 Å². The Kier molecular flexibility index (Phi) is 5.04. The van der Waals surface area contributed by atoms with Crippen LogP contribution < -0.4 is 5.32 Å². The SMILES string of the molecule is CC1=C/C2=NC(C(C)C(=O)Nc3cc(C4CC4)[nH]n3)=CC(CC/C=C\1Cl)C2. The molecule has 1 amide bonds. The van der Waals surface area contributed by atoms with Crippen LogP contribution in [-0.4, -0.2) is 21.8 Å². The van der Waals surface area contributed by atoms with Crippen LogP contribution >= 0.6 is 11.6 Å². The third-order valence-electron chi connectivity index (χ3n) is 5.47. The molecule has 1 aromatic heterocycles. The molecular formula is C21H25ClN4O. The van der Waals surface area contributed by atoms with Crippen LogP contribution in [0.5, 0.6) is 0 Å². The maximum Gasteiger partial charge on any atom is 0.234 e. The summed E-state index contributed by atoms with van der Waals surface area (Å²) in [5, 5.41) is 11.0. The van der Waals surface area contributed by atoms with E-state index in [4.69, 9.17) is 16.6 Å². The molecule has 2 unspecified atom stereocenters. The molecule has 0 aromatic carbocycles. The van der Waals surface area contributed by atoms with Gasteiger partial charge < -0.3 is 5.32 Å². The summed E-state index contributed by atoms with van der Waals surface area (Å²) >= 11 is 6.32. The number of carbonyl (C=O) groups excluding carboxylic acids is 1. The molecule has 3 aliphatic rings. The summed E-state index contributed by atoms with van der Waals surface area (Å²) in [4.78, 5) is 17.5. The summed E-state index contributed by atoms with van der Waals surface area (Å²) in [5.74, 6) is 1.15. The number of carbonyl (C=O) groups is 1. The number of rotatable bonds is 4. The first-order chi connectivity index (χ1) is 13.0. The van der Waals surface area contributed by atoms with Gasteiger partial charge in [0.25, 0.3) is 0 Å². The molecular weight excluding hydrogens is 360 g/mol. The van der Waals surface area contributed by atoms with Gasteiger partial charge in [0, 0.05) is 34.1 Å². The number of anilines is 1. The van der Waals surface area contributed by atoms with E-state index in [0.29, 0.717) is 17.7 Å². The van der Waals surface area contributed by atoms with Gasteiger partial charge in [-0.05, 0) is 63.5 Å². The molecule has 6 heteroatoms. The van der Waals surface area contributed by atoms with Crippen molar-refractivity contribution < 1.29 is 4.79 Å². The number of aliphatic imine (C=N–C) groups is 1. The van der Waals surface area contributed by atoms with Crippen molar-refractivity contribution in [3.05, 3.63) is 46.3 Å². The lowest BCUT2D eigenvalue weighted by Crippen LogP contribution is -2.24. The third-order valence-corrected chi connectivity index (χ3v) is 5.93. The van der Waals surface area contributed by atoms with E-state index in [9.17, 15) is 4.79 Å². The van der Waals surface area contributed by atoms with Crippen LogP contribution in [0.4, 0.5) is 5.82 Å². The van der Waals surface area contributed by atoms with Gasteiger partial charge in [-0.15, -0.1) is 0 Å². The molecule has 2 atom stereocenters. The minimum absolute atomic E-state index is 0.0782. The number of nitrogens with zero attached hydrogens (tertiary/aromatic N) is 2. The van der Waals surface area contributed by atoms with E-state index in [1.165, 1.54) is 12.8 Å². The first-order valence-electron chi connectivity index (χ1n) is 9.69. The first kappa shape index (κ1) is 18.2. The number of amides is 1. The monoisotopic (exact) mass is 384 g/mol. The summed E-state index contributed by atoms with van der Waals surface area (Å²) in [7, 11) is 0. The molecule has 2 aliphatic carbocycles. The average molecular weight is 385 g/mol. The molecule has 1 aliphatic heterocycles. The van der Waals surface area contributed by atoms with Crippen molar-refractivity contribution in [1.29, 1.82) is 0 Å². The fourth-order valence-electron chi connectivity index (χ4n) is 3.61. The molecule has 4 rings (SSSR count). The molecule has 2 N–H and O–H groups in total. The van der Waals surface area contributed by atoms with Gasteiger partial charge in [-0.1, -0.05) is 23.8 Å². The number of aromatic amines is 1. The topological polar surface area (TPSA) is 70.1 Å². The Balaban J connectivity index is 1.50. The number of halogens is 1. The van der Waals surface area contributed by atoms with E-state index >= 15 is 0 Å². The molecule has 1 fully saturated rings. The van der Waals surface area contributed by atoms with E-state index in [2.05, 4.69) is 27.7 Å². The lowest BCUT2D eigenvalue weighted by atomic mass is 9.90. The van der Waals surface area contributed by atoms with Gasteiger partial charge in [0.15, 0.2) is 5.82 Å². The summed E-state index contributed by atoms with van der Waals surface area (Å²) in [6.45, 7) is 3.91. The number of hydrogen-bond donors (Lipinski definition) is 2. The Hall–Kier alpha value is -2.14. The zero-order valence-electron chi connectivity index (χ0n) is 15.8. The second-order valence-corrected chi connectivity index (χ2v) is 8.22. The van der Waals surface area contributed by atoms with Crippen LogP contribution in [0.3, 0.4) is 0 Å². The van der Waals surface area contributed by atoms with E-state index in [1.807, 2.05) is 26.0 Å². The van der Waals surface area contributed by atoms with Gasteiger partial charge >= 0.3 is 0 Å². The summed E-state index contributed by atoms with van der Waals surface area (Å²) < 4.78 is 0. The fourth-order valence-corrected chi connectivity index (χ4v) is 3.78. The highest BCUT2D eigenvalue weighted by Crippen LogP contribution is 2.39. The molecule has 0 spiro atoms. The molecule has 142 valence electrons. The highest BCUT2D eigenvalue weighted by atomic mass is 35.5. The Labute approximate surface area is 164 Å². The van der Waals surface area contributed by atoms with Crippen molar-refractivity contribution in [3.8, 4) is 0 Å². The Bertz CT molecular complexity index is 872. The number of allylic oxidation sites excluding steroid dienone is 5. The van der Waals surface area contributed by atoms with Crippen LogP contribution in [0.2, 0.25) is 0 Å². The van der Waals surface area contributed by atoms with Crippen LogP contribution in [0.15, 0.2) is 45.6 Å². The summed E-state index contributed by atoms with van der Waals surface area (Å²) in [5.41, 5.74) is 3.97. The molecule has 2 bridgehead atoms. The Morgan fingerprint density at radius 2 is 2.19 bits per heavy atom. The van der Waals surface area contributed by atoms with Gasteiger partial charge in [-0.25, -0.2) is 0 Å². The van der Waals surface area contributed by atoms with Gasteiger partial charge in [0.1, 0.15) is 0 Å². The van der Waals surface area contributed by atoms with E-state index in [0.717, 1.165) is 47.0 Å². The van der Waals surface area contributed by atoms with Gasteiger partial charge in [-0.3, -0.25) is 14.9 Å². The van der Waals surface area contributed by atoms with Gasteiger partial charge in [-0.2, -0.15) is 5.10 Å². The zero-order valence-corrected chi connectivity index (χ0v) is 16.5. The summed E-state index contributed by atoms with van der Waals surface area (Å²) in [6, 6.07) is 1.94. The maximum absolute atomic E-state index is 12.7. The van der Waals surface area contributed by atoms with E-state index in [-0.39, 0.29) is 11.8 Å². The van der Waals surface area contributed by atoms with Crippen LogP contribution in [0.1, 0.15) is 57.6 Å². The number of fused-ring (bicyclic) bond motifs is 2. The minimum Gasteiger partial charge on any atom is -0.309 e. The zero-order chi connectivity index (χ0) is 19.0. The molecule has 27 heavy (non-hydrogen) atoms. The number of hydrogen-bond acceptors (Lipinski definition) is 3. The van der Waals surface area contributed by atoms with Crippen molar-refractivity contribution >= 4 is 29.0 Å². The highest BCUT2D eigenvalue weighted by molar-refractivity contribution is 6.32. The van der Waals surface area contributed by atoms with Crippen molar-refractivity contribution in [2.75, 3.05) is 5.32 Å². The van der Waals surface area contributed by atoms with Gasteiger partial charge in [0.2, 0.25) is 5.91 Å². The van der Waals surface area contributed by atoms with Gasteiger partial charge in [0.05, 0.1) is 5.92 Å². The molecule has 5 nitrogen and oxygen atoms in total. The normalized spacial score (nSPS) is 27.6. The summed E-state index contributed by atoms with van der Waals surface area (Å²) in [6.07, 6.45) is 11.5. The highest BCUT2D eigenvalue weighted by Gasteiger charge is 2.27. The quantitative estimate of drug-likeness (QED) is 0.760. The standard InChI is InChI=1S/C21H25ClN4O/c1-12-8-16-9-14(4-3-5-17(12)22)10-18(23-16)13(2)21(27)24-20-11-19(25-26-20)15-6-7-15/h5,8,10-11,13-15H,3-4,6-7,9H2,1-2H3,(H2,24,25,26,27)/b12-8-,17-5+. The van der Waals surface area contributed by atoms with Crippen LogP contribution in [-0.2, 0) is 4.79 Å². The van der Waals surface area contributed by atoms with Crippen LogP contribution in [0, 0.1) is 11.8 Å². The van der Waals surface area contributed by atoms with E-state index < -0.39 is 0 Å². The van der Waals surface area contributed by atoms with Crippen LogP contribution in [0.25, 0.3) is 0 Å². The minimum atomic E-state index is -0.332. The average Bonchev–Trinajstić information content (AvgIpc) is 3.39. The van der Waals surface area contributed by atoms with Crippen molar-refractivity contribution in [1.82, 2.24) is 10.2 Å². The fraction of sp³-hybridized carbons (Fsp3) is 0.476. The Morgan fingerprint density at radius 3 is 2.96 bits per heavy atom. The lowest BCUT2D eigenvalue weighted by molar-refractivity contribution is -0.118. The number of aromatic nitrogens is 2. The number of H-pyrrole nitrogens is 1. The Morgan fingerprint density at radius 1 is 1.37 bits per heavy atom. The first-order valence-corrected chi connectivity index (χ1v) is 10.1. The second kappa shape index (κ2) is 7.47. The molecule has 1 aromatic rings. The number of nitrogens with one attached hydrogen (secondary N) is 2. The maximum atomic E-state index is 12.7. The predicted octanol–water partition coefficient (Wildman–Crippen LogP) is 5.07. The smallest absolute Gasteiger partial charge is 0.234 e. The largest absolute Gasteiger partial charge is 0.309 e. The second-order valence-electron chi connectivity index (χ2n) is 7.81. The molecule has 0 saturated heterocycles. The third kappa shape index (κ3) is 4.24. The molecule has 1 saturated carbocycles. The van der Waals surface area contributed by atoms with E-state index in [1.54, 1.807) is 0 Å². The van der Waals surface area contributed by atoms with Crippen molar-refractivity contribution in [3.63, 3.8) is 0 Å².